The summed E-state index contributed by atoms with van der Waals surface area (Å²) in [4.78, 5) is 13.2. The quantitative estimate of drug-likeness (QED) is 0.922. The van der Waals surface area contributed by atoms with E-state index in [2.05, 4.69) is 10.2 Å². The Hall–Kier alpha value is -2.54. The molecule has 0 bridgehead atoms. The van der Waals surface area contributed by atoms with Crippen molar-refractivity contribution in [2.75, 3.05) is 24.6 Å². The molecule has 6 nitrogen and oxygen atoms in total. The smallest absolute Gasteiger partial charge is 0.248 e. The predicted molar refractivity (Wildman–Crippen MR) is 83.3 cm³/mol. The summed E-state index contributed by atoms with van der Waals surface area (Å²) in [6.45, 7) is 3.27. The molecular weight excluding hydrogens is 299 g/mol. The molecule has 0 aliphatic carbocycles. The summed E-state index contributed by atoms with van der Waals surface area (Å²) in [7, 11) is 0. The van der Waals surface area contributed by atoms with Crippen molar-refractivity contribution in [3.05, 3.63) is 41.7 Å². The highest BCUT2D eigenvalue weighted by molar-refractivity contribution is 5.80. The van der Waals surface area contributed by atoms with Crippen molar-refractivity contribution in [3.8, 4) is 11.3 Å². The second-order valence-electron chi connectivity index (χ2n) is 5.45. The average molecular weight is 316 g/mol. The van der Waals surface area contributed by atoms with Gasteiger partial charge in [0.25, 0.3) is 0 Å². The molecule has 1 fully saturated rings. The Bertz CT molecular complexity index is 738. The number of amides is 1. The number of aryl methyl sites for hydroxylation is 1. The number of nitrogens with two attached hydrogens (primary N) is 1. The van der Waals surface area contributed by atoms with Crippen LogP contribution in [0.2, 0.25) is 0 Å². The first-order valence-corrected chi connectivity index (χ1v) is 7.31. The molecule has 0 spiro atoms. The third kappa shape index (κ3) is 3.29. The van der Waals surface area contributed by atoms with E-state index in [4.69, 9.17) is 10.5 Å². The van der Waals surface area contributed by atoms with E-state index in [1.807, 2.05) is 17.9 Å². The molecule has 1 amide bonds. The van der Waals surface area contributed by atoms with Gasteiger partial charge >= 0.3 is 0 Å². The third-order valence-electron chi connectivity index (χ3n) is 3.76. The van der Waals surface area contributed by atoms with Gasteiger partial charge < -0.3 is 15.4 Å². The van der Waals surface area contributed by atoms with Crippen LogP contribution in [0.5, 0.6) is 0 Å². The molecule has 2 aromatic rings. The Morgan fingerprint density at radius 2 is 2.22 bits per heavy atom. The van der Waals surface area contributed by atoms with Gasteiger partial charge in [-0.15, -0.1) is 10.2 Å². The number of benzene rings is 1. The molecule has 1 aromatic heterocycles. The minimum Gasteiger partial charge on any atom is -0.367 e. The fraction of sp³-hybridized carbons (Fsp3) is 0.312. The molecule has 1 aromatic carbocycles. The van der Waals surface area contributed by atoms with Crippen molar-refractivity contribution in [2.45, 2.75) is 13.0 Å². The van der Waals surface area contributed by atoms with Gasteiger partial charge in [-0.1, -0.05) is 12.1 Å². The van der Waals surface area contributed by atoms with Gasteiger partial charge in [0, 0.05) is 12.1 Å². The maximum absolute atomic E-state index is 13.3. The van der Waals surface area contributed by atoms with E-state index in [1.165, 1.54) is 12.1 Å². The molecule has 1 atom stereocenters. The fourth-order valence-electron chi connectivity index (χ4n) is 2.59. The zero-order valence-corrected chi connectivity index (χ0v) is 12.7. The van der Waals surface area contributed by atoms with E-state index >= 15 is 0 Å². The highest BCUT2D eigenvalue weighted by Gasteiger charge is 2.26. The summed E-state index contributed by atoms with van der Waals surface area (Å²) in [6, 6.07) is 8.07. The normalized spacial score (nSPS) is 18.0. The summed E-state index contributed by atoms with van der Waals surface area (Å²) < 4.78 is 18.7. The van der Waals surface area contributed by atoms with Crippen LogP contribution in [0.4, 0.5) is 10.2 Å². The zero-order chi connectivity index (χ0) is 16.4. The number of ether oxygens (including phenoxy) is 1. The molecule has 0 saturated carbocycles. The van der Waals surface area contributed by atoms with Gasteiger partial charge in [0.1, 0.15) is 5.82 Å². The van der Waals surface area contributed by atoms with Crippen LogP contribution in [0.3, 0.4) is 0 Å². The topological polar surface area (TPSA) is 81.3 Å². The molecule has 3 rings (SSSR count). The third-order valence-corrected chi connectivity index (χ3v) is 3.76. The Kier molecular flexibility index (Phi) is 4.20. The lowest BCUT2D eigenvalue weighted by molar-refractivity contribution is -0.130. The number of rotatable bonds is 3. The summed E-state index contributed by atoms with van der Waals surface area (Å²) in [5.74, 6) is -0.125. The summed E-state index contributed by atoms with van der Waals surface area (Å²) in [5.41, 5.74) is 7.46. The number of carbonyl (C=O) groups is 1. The number of carbonyl (C=O) groups excluding carboxylic acids is 1. The van der Waals surface area contributed by atoms with Crippen LogP contribution in [0, 0.1) is 12.7 Å². The zero-order valence-electron chi connectivity index (χ0n) is 12.7. The Morgan fingerprint density at radius 1 is 1.39 bits per heavy atom. The molecule has 2 N–H and O–H groups in total. The molecular formula is C16H17FN4O2. The fourth-order valence-corrected chi connectivity index (χ4v) is 2.59. The number of hydrogen-bond donors (Lipinski definition) is 1. The largest absolute Gasteiger partial charge is 0.367 e. The van der Waals surface area contributed by atoms with Crippen molar-refractivity contribution < 1.29 is 13.9 Å². The SMILES string of the molecule is Cc1cc(-c2cccc(F)c2)nnc1N1CCO[C@H](C(N)=O)C1. The predicted octanol–water partition coefficient (Wildman–Crippen LogP) is 1.28. The van der Waals surface area contributed by atoms with Crippen molar-refractivity contribution in [1.82, 2.24) is 10.2 Å². The molecule has 0 radical (unpaired) electrons. The van der Waals surface area contributed by atoms with E-state index in [9.17, 15) is 9.18 Å². The lowest BCUT2D eigenvalue weighted by Gasteiger charge is -2.32. The van der Waals surface area contributed by atoms with Crippen LogP contribution in [0.25, 0.3) is 11.3 Å². The number of morpholine rings is 1. The minimum absolute atomic E-state index is 0.316. The summed E-state index contributed by atoms with van der Waals surface area (Å²) >= 11 is 0. The van der Waals surface area contributed by atoms with Gasteiger partial charge in [0.15, 0.2) is 11.9 Å². The molecule has 23 heavy (non-hydrogen) atoms. The number of halogens is 1. The number of hydrogen-bond acceptors (Lipinski definition) is 5. The number of nitrogens with zero attached hydrogens (tertiary/aromatic N) is 3. The number of anilines is 1. The Labute approximate surface area is 133 Å². The van der Waals surface area contributed by atoms with Crippen LogP contribution in [-0.4, -0.2) is 41.9 Å². The van der Waals surface area contributed by atoms with Gasteiger partial charge in [-0.3, -0.25) is 4.79 Å². The maximum atomic E-state index is 13.3. The van der Waals surface area contributed by atoms with Crippen LogP contribution in [0.1, 0.15) is 5.56 Å². The first-order valence-electron chi connectivity index (χ1n) is 7.31. The lowest BCUT2D eigenvalue weighted by Crippen LogP contribution is -2.49. The van der Waals surface area contributed by atoms with Crippen molar-refractivity contribution in [2.24, 2.45) is 5.73 Å². The maximum Gasteiger partial charge on any atom is 0.248 e. The highest BCUT2D eigenvalue weighted by Crippen LogP contribution is 2.24. The molecule has 1 aliphatic heterocycles. The highest BCUT2D eigenvalue weighted by atomic mass is 19.1. The van der Waals surface area contributed by atoms with E-state index in [1.54, 1.807) is 12.1 Å². The second-order valence-corrected chi connectivity index (χ2v) is 5.45. The standard InChI is InChI=1S/C16H17FN4O2/c1-10-7-13(11-3-2-4-12(17)8-11)19-20-16(10)21-5-6-23-14(9-21)15(18)22/h2-4,7-8,14H,5-6,9H2,1H3,(H2,18,22)/t14-/m0/s1. The van der Waals surface area contributed by atoms with Gasteiger partial charge in [-0.2, -0.15) is 0 Å². The first-order chi connectivity index (χ1) is 11.0. The van der Waals surface area contributed by atoms with Crippen molar-refractivity contribution in [3.63, 3.8) is 0 Å². The van der Waals surface area contributed by atoms with E-state index in [0.717, 1.165) is 5.56 Å². The number of aromatic nitrogens is 2. The van der Waals surface area contributed by atoms with E-state index < -0.39 is 12.0 Å². The second kappa shape index (κ2) is 6.29. The Balaban J connectivity index is 1.86. The lowest BCUT2D eigenvalue weighted by atomic mass is 10.1. The molecule has 2 heterocycles. The monoisotopic (exact) mass is 316 g/mol. The Morgan fingerprint density at radius 3 is 2.91 bits per heavy atom. The van der Waals surface area contributed by atoms with E-state index in [-0.39, 0.29) is 5.82 Å². The van der Waals surface area contributed by atoms with Gasteiger partial charge in [0.2, 0.25) is 5.91 Å². The number of primary amides is 1. The summed E-state index contributed by atoms with van der Waals surface area (Å²) in [6.07, 6.45) is -0.646. The van der Waals surface area contributed by atoms with Crippen molar-refractivity contribution in [1.29, 1.82) is 0 Å². The molecule has 0 unspecified atom stereocenters. The van der Waals surface area contributed by atoms with E-state index in [0.29, 0.717) is 36.8 Å². The molecule has 1 saturated heterocycles. The minimum atomic E-state index is -0.646. The first kappa shape index (κ1) is 15.4. The molecule has 120 valence electrons. The van der Waals surface area contributed by atoms with Gasteiger partial charge in [0.05, 0.1) is 18.8 Å². The van der Waals surface area contributed by atoms with Crippen molar-refractivity contribution >= 4 is 11.7 Å². The average Bonchev–Trinajstić information content (AvgIpc) is 2.55. The molecule has 7 heteroatoms. The molecule has 1 aliphatic rings. The van der Waals surface area contributed by atoms with Gasteiger partial charge in [-0.25, -0.2) is 4.39 Å². The van der Waals surface area contributed by atoms with Crippen LogP contribution < -0.4 is 10.6 Å². The van der Waals surface area contributed by atoms with Gasteiger partial charge in [-0.05, 0) is 30.7 Å². The van der Waals surface area contributed by atoms with Crippen LogP contribution in [0.15, 0.2) is 30.3 Å². The van der Waals surface area contributed by atoms with Crippen LogP contribution >= 0.6 is 0 Å². The summed E-state index contributed by atoms with van der Waals surface area (Å²) in [5, 5.41) is 8.43. The van der Waals surface area contributed by atoms with Crippen LogP contribution in [-0.2, 0) is 9.53 Å².